The lowest BCUT2D eigenvalue weighted by atomic mass is 10.1. The second-order valence-electron chi connectivity index (χ2n) is 4.57. The summed E-state index contributed by atoms with van der Waals surface area (Å²) in [5.41, 5.74) is 0.823. The maximum Gasteiger partial charge on any atom is 0.182 e. The average molecular weight is 280 g/mol. The highest BCUT2D eigenvalue weighted by molar-refractivity contribution is 7.91. The monoisotopic (exact) mass is 280 g/mol. The largest absolute Gasteiger partial charge is 0.388 e. The Bertz CT molecular complexity index is 614. The zero-order valence-electron chi connectivity index (χ0n) is 10.7. The maximum atomic E-state index is 12.2. The van der Waals surface area contributed by atoms with Crippen LogP contribution in [0.3, 0.4) is 0 Å². The molecule has 1 unspecified atom stereocenters. The van der Waals surface area contributed by atoms with Gasteiger partial charge in [0, 0.05) is 12.0 Å². The van der Waals surface area contributed by atoms with Crippen molar-refractivity contribution in [2.24, 2.45) is 0 Å². The molecule has 0 aliphatic heterocycles. The fourth-order valence-electron chi connectivity index (χ4n) is 2.33. The van der Waals surface area contributed by atoms with E-state index in [2.05, 4.69) is 0 Å². The van der Waals surface area contributed by atoms with Gasteiger partial charge >= 0.3 is 0 Å². The summed E-state index contributed by atoms with van der Waals surface area (Å²) in [6, 6.07) is 8.05. The molecule has 4 nitrogen and oxygen atoms in total. The summed E-state index contributed by atoms with van der Waals surface area (Å²) in [5.74, 6) is -0.584. The standard InChI is InChI=1S/C14H16O4S/c1-2-11-12(14(16)8-13(11)15)9-19(17,18)10-6-4-3-5-7-10/h3-7,13,15H,2,8-9H2,1H3. The van der Waals surface area contributed by atoms with E-state index in [1.54, 1.807) is 18.2 Å². The highest BCUT2D eigenvalue weighted by Gasteiger charge is 2.32. The fourth-order valence-corrected chi connectivity index (χ4v) is 3.79. The Morgan fingerprint density at radius 1 is 1.26 bits per heavy atom. The molecular weight excluding hydrogens is 264 g/mol. The predicted molar refractivity (Wildman–Crippen MR) is 71.4 cm³/mol. The van der Waals surface area contributed by atoms with Gasteiger partial charge in [0.05, 0.1) is 16.8 Å². The first-order valence-electron chi connectivity index (χ1n) is 6.16. The van der Waals surface area contributed by atoms with Crippen molar-refractivity contribution in [3.8, 4) is 0 Å². The molecule has 19 heavy (non-hydrogen) atoms. The Morgan fingerprint density at radius 2 is 1.89 bits per heavy atom. The summed E-state index contributed by atoms with van der Waals surface area (Å²) >= 11 is 0. The van der Waals surface area contributed by atoms with Gasteiger partial charge in [-0.25, -0.2) is 8.42 Å². The smallest absolute Gasteiger partial charge is 0.182 e. The van der Waals surface area contributed by atoms with Crippen molar-refractivity contribution >= 4 is 15.6 Å². The van der Waals surface area contributed by atoms with Crippen LogP contribution in [0.15, 0.2) is 46.4 Å². The van der Waals surface area contributed by atoms with Crippen LogP contribution in [0.25, 0.3) is 0 Å². The van der Waals surface area contributed by atoms with Crippen LogP contribution >= 0.6 is 0 Å². The highest BCUT2D eigenvalue weighted by atomic mass is 32.2. The van der Waals surface area contributed by atoms with E-state index >= 15 is 0 Å². The SMILES string of the molecule is CCC1=C(CS(=O)(=O)c2ccccc2)C(=O)CC1O. The van der Waals surface area contributed by atoms with Gasteiger partial charge < -0.3 is 5.11 Å². The number of rotatable bonds is 4. The molecule has 1 aromatic rings. The first-order valence-corrected chi connectivity index (χ1v) is 7.82. The Morgan fingerprint density at radius 3 is 2.47 bits per heavy atom. The van der Waals surface area contributed by atoms with Crippen LogP contribution in [0.1, 0.15) is 19.8 Å². The molecule has 0 heterocycles. The Kier molecular flexibility index (Phi) is 3.87. The van der Waals surface area contributed by atoms with Gasteiger partial charge in [-0.2, -0.15) is 0 Å². The van der Waals surface area contributed by atoms with E-state index in [-0.39, 0.29) is 28.4 Å². The van der Waals surface area contributed by atoms with Crippen molar-refractivity contribution in [2.75, 3.05) is 5.75 Å². The lowest BCUT2D eigenvalue weighted by Crippen LogP contribution is -2.13. The van der Waals surface area contributed by atoms with E-state index in [0.29, 0.717) is 12.0 Å². The lowest BCUT2D eigenvalue weighted by molar-refractivity contribution is -0.115. The third-order valence-electron chi connectivity index (χ3n) is 3.32. The number of benzene rings is 1. The zero-order chi connectivity index (χ0) is 14.0. The molecule has 0 aromatic heterocycles. The van der Waals surface area contributed by atoms with E-state index < -0.39 is 15.9 Å². The topological polar surface area (TPSA) is 71.4 Å². The number of carbonyl (C=O) groups is 1. The van der Waals surface area contributed by atoms with Crippen molar-refractivity contribution in [1.82, 2.24) is 0 Å². The van der Waals surface area contributed by atoms with Crippen LogP contribution in [0.5, 0.6) is 0 Å². The number of carbonyl (C=O) groups excluding carboxylic acids is 1. The van der Waals surface area contributed by atoms with Gasteiger partial charge in [0.2, 0.25) is 0 Å². The van der Waals surface area contributed by atoms with Crippen LogP contribution in [-0.2, 0) is 14.6 Å². The first kappa shape index (κ1) is 14.0. The molecule has 0 radical (unpaired) electrons. The number of Topliss-reactive ketones (excluding diaryl/α,β-unsaturated/α-hetero) is 1. The molecule has 0 bridgehead atoms. The van der Waals surface area contributed by atoms with Crippen LogP contribution < -0.4 is 0 Å². The summed E-state index contributed by atoms with van der Waals surface area (Å²) in [5, 5.41) is 9.72. The van der Waals surface area contributed by atoms with Gasteiger partial charge in [-0.05, 0) is 24.1 Å². The Hall–Kier alpha value is -1.46. The van der Waals surface area contributed by atoms with Crippen molar-refractivity contribution in [3.05, 3.63) is 41.5 Å². The normalized spacial score (nSPS) is 20.1. The second kappa shape index (κ2) is 5.27. The summed E-state index contributed by atoms with van der Waals surface area (Å²) in [6.07, 6.45) is -0.325. The van der Waals surface area contributed by atoms with Crippen LogP contribution in [0.2, 0.25) is 0 Å². The number of aliphatic hydroxyl groups is 1. The van der Waals surface area contributed by atoms with E-state index in [1.807, 2.05) is 6.92 Å². The van der Waals surface area contributed by atoms with Gasteiger partial charge in [0.1, 0.15) is 0 Å². The molecule has 1 aliphatic rings. The molecule has 0 amide bonds. The molecule has 0 spiro atoms. The molecule has 0 saturated carbocycles. The van der Waals surface area contributed by atoms with Gasteiger partial charge in [-0.1, -0.05) is 25.1 Å². The summed E-state index contributed by atoms with van der Waals surface area (Å²) < 4.78 is 24.5. The highest BCUT2D eigenvalue weighted by Crippen LogP contribution is 2.28. The molecular formula is C14H16O4S. The minimum absolute atomic E-state index is 0.00279. The number of aliphatic hydroxyl groups excluding tert-OH is 1. The molecule has 1 atom stereocenters. The summed E-state index contributed by atoms with van der Waals surface area (Å²) in [7, 11) is -3.53. The van der Waals surface area contributed by atoms with Gasteiger partial charge in [0.15, 0.2) is 15.6 Å². The number of hydrogen-bond donors (Lipinski definition) is 1. The van der Waals surface area contributed by atoms with Gasteiger partial charge in [-0.15, -0.1) is 0 Å². The van der Waals surface area contributed by atoms with Gasteiger partial charge in [0.25, 0.3) is 0 Å². The molecule has 5 heteroatoms. The van der Waals surface area contributed by atoms with Crippen molar-refractivity contribution in [2.45, 2.75) is 30.8 Å². The molecule has 1 aliphatic carbocycles. The molecule has 0 fully saturated rings. The average Bonchev–Trinajstić information content (AvgIpc) is 2.64. The number of sulfone groups is 1. The Labute approximate surface area is 112 Å². The first-order chi connectivity index (χ1) is 8.95. The Balaban J connectivity index is 2.36. The minimum Gasteiger partial charge on any atom is -0.388 e. The third-order valence-corrected chi connectivity index (χ3v) is 4.98. The molecule has 1 N–H and O–H groups in total. The summed E-state index contributed by atoms with van der Waals surface area (Å²) in [6.45, 7) is 1.81. The van der Waals surface area contributed by atoms with E-state index in [0.717, 1.165) is 0 Å². The quantitative estimate of drug-likeness (QED) is 0.907. The lowest BCUT2D eigenvalue weighted by Gasteiger charge is -2.08. The minimum atomic E-state index is -3.53. The van der Waals surface area contributed by atoms with Crippen LogP contribution in [0, 0.1) is 0 Å². The molecule has 2 rings (SSSR count). The third kappa shape index (κ3) is 2.77. The van der Waals surface area contributed by atoms with E-state index in [1.165, 1.54) is 12.1 Å². The molecule has 102 valence electrons. The maximum absolute atomic E-state index is 12.2. The van der Waals surface area contributed by atoms with Crippen molar-refractivity contribution in [1.29, 1.82) is 0 Å². The molecule has 0 saturated heterocycles. The van der Waals surface area contributed by atoms with Crippen LogP contribution in [-0.4, -0.2) is 31.2 Å². The number of ketones is 1. The van der Waals surface area contributed by atoms with E-state index in [9.17, 15) is 18.3 Å². The van der Waals surface area contributed by atoms with Crippen LogP contribution in [0.4, 0.5) is 0 Å². The second-order valence-corrected chi connectivity index (χ2v) is 6.56. The number of hydrogen-bond acceptors (Lipinski definition) is 4. The predicted octanol–water partition coefficient (Wildman–Crippen LogP) is 1.50. The van der Waals surface area contributed by atoms with E-state index in [4.69, 9.17) is 0 Å². The van der Waals surface area contributed by atoms with Gasteiger partial charge in [-0.3, -0.25) is 4.79 Å². The van der Waals surface area contributed by atoms with Crippen molar-refractivity contribution in [3.63, 3.8) is 0 Å². The molecule has 1 aromatic carbocycles. The summed E-state index contributed by atoms with van der Waals surface area (Å²) in [4.78, 5) is 12.0. The van der Waals surface area contributed by atoms with Crippen molar-refractivity contribution < 1.29 is 18.3 Å². The zero-order valence-corrected chi connectivity index (χ0v) is 11.5. The fraction of sp³-hybridized carbons (Fsp3) is 0.357.